The minimum Gasteiger partial charge on any atom is -0.483 e. The van der Waals surface area contributed by atoms with Crippen LogP contribution < -0.4 is 10.1 Å². The number of carbonyl (C=O) groups is 1. The van der Waals surface area contributed by atoms with Crippen molar-refractivity contribution in [2.24, 2.45) is 0 Å². The first kappa shape index (κ1) is 16.4. The van der Waals surface area contributed by atoms with E-state index in [1.807, 2.05) is 26.8 Å². The summed E-state index contributed by atoms with van der Waals surface area (Å²) in [5.41, 5.74) is 3.88. The van der Waals surface area contributed by atoms with Crippen molar-refractivity contribution in [3.63, 3.8) is 0 Å². The molecule has 0 aliphatic rings. The number of thiazole rings is 1. The molecule has 3 aromatic rings. The first-order valence-corrected chi connectivity index (χ1v) is 8.30. The van der Waals surface area contributed by atoms with E-state index in [1.165, 1.54) is 23.5 Å². The largest absolute Gasteiger partial charge is 0.483 e. The standard InChI is InChI=1S/C18H17FN2O2S/c1-10-6-11(2)12(3)15(7-10)23-9-17(22)21-18-20-14-5-4-13(19)8-16(14)24-18/h4-8H,9H2,1-3H3,(H,20,21,22). The average Bonchev–Trinajstić information content (AvgIpc) is 2.90. The number of hydrogen-bond acceptors (Lipinski definition) is 4. The second kappa shape index (κ2) is 6.57. The number of nitrogens with one attached hydrogen (secondary N) is 1. The number of anilines is 1. The van der Waals surface area contributed by atoms with Crippen molar-refractivity contribution < 1.29 is 13.9 Å². The molecule has 0 aliphatic heterocycles. The van der Waals surface area contributed by atoms with Crippen LogP contribution in [0.15, 0.2) is 30.3 Å². The second-order valence-corrected chi connectivity index (χ2v) is 6.70. The number of fused-ring (bicyclic) bond motifs is 1. The summed E-state index contributed by atoms with van der Waals surface area (Å²) in [7, 11) is 0. The number of aromatic nitrogens is 1. The van der Waals surface area contributed by atoms with Crippen molar-refractivity contribution >= 4 is 32.6 Å². The number of benzene rings is 2. The minimum absolute atomic E-state index is 0.103. The number of nitrogens with zero attached hydrogens (tertiary/aromatic N) is 1. The average molecular weight is 344 g/mol. The molecule has 0 aliphatic carbocycles. The first-order chi connectivity index (χ1) is 11.4. The Hall–Kier alpha value is -2.47. The van der Waals surface area contributed by atoms with Crippen molar-refractivity contribution in [3.05, 3.63) is 52.8 Å². The molecule has 124 valence electrons. The van der Waals surface area contributed by atoms with Crippen LogP contribution in [0.1, 0.15) is 16.7 Å². The molecular weight excluding hydrogens is 327 g/mol. The molecule has 3 rings (SSSR count). The van der Waals surface area contributed by atoms with E-state index in [-0.39, 0.29) is 18.3 Å². The van der Waals surface area contributed by atoms with Crippen LogP contribution in [0.25, 0.3) is 10.2 Å². The molecule has 1 amide bonds. The van der Waals surface area contributed by atoms with Gasteiger partial charge in [-0.15, -0.1) is 0 Å². The Labute approximate surface area is 143 Å². The van der Waals surface area contributed by atoms with Crippen LogP contribution in [0.5, 0.6) is 5.75 Å². The highest BCUT2D eigenvalue weighted by Crippen LogP contribution is 2.27. The Bertz CT molecular complexity index is 921. The van der Waals surface area contributed by atoms with Gasteiger partial charge in [-0.25, -0.2) is 9.37 Å². The summed E-state index contributed by atoms with van der Waals surface area (Å²) in [6, 6.07) is 8.32. The Kier molecular flexibility index (Phi) is 4.49. The number of aryl methyl sites for hydroxylation is 2. The first-order valence-electron chi connectivity index (χ1n) is 7.49. The molecule has 0 bridgehead atoms. The molecule has 0 atom stereocenters. The van der Waals surface area contributed by atoms with Gasteiger partial charge in [0, 0.05) is 0 Å². The third-order valence-electron chi connectivity index (χ3n) is 3.72. The monoisotopic (exact) mass is 344 g/mol. The van der Waals surface area contributed by atoms with Crippen molar-refractivity contribution in [1.82, 2.24) is 4.98 Å². The van der Waals surface area contributed by atoms with Crippen LogP contribution in [-0.2, 0) is 4.79 Å². The van der Waals surface area contributed by atoms with Crippen LogP contribution in [0.3, 0.4) is 0 Å². The van der Waals surface area contributed by atoms with E-state index < -0.39 is 0 Å². The molecule has 0 spiro atoms. The number of rotatable bonds is 4. The third kappa shape index (κ3) is 3.54. The van der Waals surface area contributed by atoms with Gasteiger partial charge in [-0.1, -0.05) is 17.4 Å². The number of carbonyl (C=O) groups excluding carboxylic acids is 1. The zero-order valence-corrected chi connectivity index (χ0v) is 14.5. The van der Waals surface area contributed by atoms with Gasteiger partial charge in [0.1, 0.15) is 11.6 Å². The molecule has 0 saturated carbocycles. The summed E-state index contributed by atoms with van der Waals surface area (Å²) >= 11 is 1.23. The summed E-state index contributed by atoms with van der Waals surface area (Å²) in [5.74, 6) is 0.0831. The Morgan fingerprint density at radius 2 is 2.04 bits per heavy atom. The molecule has 24 heavy (non-hydrogen) atoms. The molecule has 0 radical (unpaired) electrons. The Morgan fingerprint density at radius 3 is 2.83 bits per heavy atom. The van der Waals surface area contributed by atoms with Crippen molar-refractivity contribution in [1.29, 1.82) is 0 Å². The molecule has 0 unspecified atom stereocenters. The van der Waals surface area contributed by atoms with Crippen molar-refractivity contribution in [3.8, 4) is 5.75 Å². The highest BCUT2D eigenvalue weighted by molar-refractivity contribution is 7.22. The normalized spacial score (nSPS) is 10.8. The van der Waals surface area contributed by atoms with Crippen molar-refractivity contribution in [2.75, 3.05) is 11.9 Å². The number of halogens is 1. The van der Waals surface area contributed by atoms with Crippen LogP contribution in [0, 0.1) is 26.6 Å². The molecule has 1 N–H and O–H groups in total. The summed E-state index contributed by atoms with van der Waals surface area (Å²) in [6.45, 7) is 5.85. The van der Waals surface area contributed by atoms with Crippen LogP contribution >= 0.6 is 11.3 Å². The van der Waals surface area contributed by atoms with E-state index in [0.717, 1.165) is 16.7 Å². The molecule has 2 aromatic carbocycles. The van der Waals surface area contributed by atoms with Gasteiger partial charge < -0.3 is 4.74 Å². The zero-order chi connectivity index (χ0) is 17.3. The van der Waals surface area contributed by atoms with Gasteiger partial charge in [-0.3, -0.25) is 10.1 Å². The van der Waals surface area contributed by atoms with Gasteiger partial charge in [0.05, 0.1) is 10.2 Å². The maximum absolute atomic E-state index is 13.2. The summed E-state index contributed by atoms with van der Waals surface area (Å²) in [5, 5.41) is 3.12. The van der Waals surface area contributed by atoms with E-state index in [2.05, 4.69) is 16.4 Å². The molecule has 6 heteroatoms. The van der Waals surface area contributed by atoms with Gasteiger partial charge in [-0.05, 0) is 61.7 Å². The Morgan fingerprint density at radius 1 is 1.25 bits per heavy atom. The highest BCUT2D eigenvalue weighted by Gasteiger charge is 2.11. The van der Waals surface area contributed by atoms with Gasteiger partial charge in [-0.2, -0.15) is 0 Å². The predicted molar refractivity (Wildman–Crippen MR) is 94.4 cm³/mol. The number of hydrogen-bond donors (Lipinski definition) is 1. The molecule has 0 fully saturated rings. The van der Waals surface area contributed by atoms with E-state index in [1.54, 1.807) is 6.07 Å². The summed E-state index contributed by atoms with van der Waals surface area (Å²) < 4.78 is 19.5. The van der Waals surface area contributed by atoms with Gasteiger partial charge in [0.25, 0.3) is 5.91 Å². The van der Waals surface area contributed by atoms with Crippen molar-refractivity contribution in [2.45, 2.75) is 20.8 Å². The maximum Gasteiger partial charge on any atom is 0.264 e. The SMILES string of the molecule is Cc1cc(C)c(C)c(OCC(=O)Nc2nc3ccc(F)cc3s2)c1. The highest BCUT2D eigenvalue weighted by atomic mass is 32.1. The van der Waals surface area contributed by atoms with Gasteiger partial charge >= 0.3 is 0 Å². The fourth-order valence-electron chi connectivity index (χ4n) is 2.40. The number of amides is 1. The molecule has 4 nitrogen and oxygen atoms in total. The van der Waals surface area contributed by atoms with Gasteiger partial charge in [0.2, 0.25) is 0 Å². The predicted octanol–water partition coefficient (Wildman–Crippen LogP) is 4.38. The smallest absolute Gasteiger partial charge is 0.264 e. The molecular formula is C18H17FN2O2S. The molecule has 1 heterocycles. The third-order valence-corrected chi connectivity index (χ3v) is 4.65. The van der Waals surface area contributed by atoms with Gasteiger partial charge in [0.15, 0.2) is 11.7 Å². The second-order valence-electron chi connectivity index (χ2n) is 5.67. The van der Waals surface area contributed by atoms with E-state index >= 15 is 0 Å². The topological polar surface area (TPSA) is 51.2 Å². The van der Waals surface area contributed by atoms with E-state index in [4.69, 9.17) is 4.74 Å². The molecule has 0 saturated heterocycles. The van der Waals surface area contributed by atoms with Crippen LogP contribution in [-0.4, -0.2) is 17.5 Å². The zero-order valence-electron chi connectivity index (χ0n) is 13.6. The Balaban J connectivity index is 1.67. The lowest BCUT2D eigenvalue weighted by molar-refractivity contribution is -0.118. The quantitative estimate of drug-likeness (QED) is 0.764. The lowest BCUT2D eigenvalue weighted by Crippen LogP contribution is -2.20. The lowest BCUT2D eigenvalue weighted by atomic mass is 10.1. The fourth-order valence-corrected chi connectivity index (χ4v) is 3.31. The summed E-state index contributed by atoms with van der Waals surface area (Å²) in [6.07, 6.45) is 0. The maximum atomic E-state index is 13.2. The number of ether oxygens (including phenoxy) is 1. The van der Waals surface area contributed by atoms with E-state index in [0.29, 0.717) is 21.1 Å². The fraction of sp³-hybridized carbons (Fsp3) is 0.222. The summed E-state index contributed by atoms with van der Waals surface area (Å²) in [4.78, 5) is 16.3. The van der Waals surface area contributed by atoms with Crippen LogP contribution in [0.4, 0.5) is 9.52 Å². The van der Waals surface area contributed by atoms with Crippen LogP contribution in [0.2, 0.25) is 0 Å². The minimum atomic E-state index is -0.322. The lowest BCUT2D eigenvalue weighted by Gasteiger charge is -2.11. The van der Waals surface area contributed by atoms with E-state index in [9.17, 15) is 9.18 Å². The molecule has 1 aromatic heterocycles.